The van der Waals surface area contributed by atoms with E-state index in [0.717, 1.165) is 25.0 Å². The van der Waals surface area contributed by atoms with Gasteiger partial charge in [0.25, 0.3) is 0 Å². The van der Waals surface area contributed by atoms with Crippen LogP contribution in [0.15, 0.2) is 42.5 Å². The monoisotopic (exact) mass is 402 g/mol. The van der Waals surface area contributed by atoms with Crippen molar-refractivity contribution in [2.24, 2.45) is 0 Å². The van der Waals surface area contributed by atoms with Crippen molar-refractivity contribution in [1.29, 1.82) is 0 Å². The predicted octanol–water partition coefficient (Wildman–Crippen LogP) is 5.86. The molecule has 3 rings (SSSR count). The quantitative estimate of drug-likeness (QED) is 0.509. The Labute approximate surface area is 158 Å². The average Bonchev–Trinajstić information content (AvgIpc) is 3.39. The van der Waals surface area contributed by atoms with Crippen molar-refractivity contribution in [2.45, 2.75) is 31.6 Å². The number of benzene rings is 2. The lowest BCUT2D eigenvalue weighted by Crippen LogP contribution is -2.36. The molecule has 1 saturated carbocycles. The minimum absolute atomic E-state index is 0.0798. The Balaban J connectivity index is 1.76. The van der Waals surface area contributed by atoms with E-state index >= 15 is 0 Å². The highest BCUT2D eigenvalue weighted by atomic mass is 35.5. The van der Waals surface area contributed by atoms with Crippen LogP contribution in [0.1, 0.15) is 24.0 Å². The first kappa shape index (κ1) is 18.9. The molecule has 0 aromatic heterocycles. The molecule has 8 heteroatoms. The fourth-order valence-electron chi connectivity index (χ4n) is 2.54. The minimum Gasteiger partial charge on any atom is -0.342 e. The van der Waals surface area contributed by atoms with Crippen LogP contribution in [-0.4, -0.2) is 16.1 Å². The average molecular weight is 403 g/mol. The number of hydrogen-bond donors (Lipinski definition) is 1. The van der Waals surface area contributed by atoms with Gasteiger partial charge in [0.2, 0.25) is 0 Å². The van der Waals surface area contributed by atoms with Crippen LogP contribution < -0.4 is 5.32 Å². The molecule has 2 aromatic rings. The third-order valence-electron chi connectivity index (χ3n) is 4.09. The highest BCUT2D eigenvalue weighted by Crippen LogP contribution is 2.35. The first-order chi connectivity index (χ1) is 12.3. The molecular formula is C18H15ClF4N2S. The summed E-state index contributed by atoms with van der Waals surface area (Å²) in [4.78, 5) is 1.84. The normalized spacial score (nSPS) is 14.2. The van der Waals surface area contributed by atoms with E-state index < -0.39 is 11.7 Å². The Morgan fingerprint density at radius 3 is 2.46 bits per heavy atom. The third-order valence-corrected chi connectivity index (χ3v) is 4.73. The zero-order chi connectivity index (χ0) is 18.9. The number of anilines is 1. The summed E-state index contributed by atoms with van der Waals surface area (Å²) in [6.07, 6.45) is -2.61. The van der Waals surface area contributed by atoms with Gasteiger partial charge in [-0.2, -0.15) is 13.2 Å². The Morgan fingerprint density at radius 2 is 1.88 bits per heavy atom. The van der Waals surface area contributed by atoms with Crippen LogP contribution in [0.3, 0.4) is 0 Å². The van der Waals surface area contributed by atoms with E-state index in [9.17, 15) is 17.6 Å². The first-order valence-corrected chi connectivity index (χ1v) is 8.72. The third kappa shape index (κ3) is 4.45. The van der Waals surface area contributed by atoms with Crippen molar-refractivity contribution in [3.05, 3.63) is 64.4 Å². The number of rotatable bonds is 4. The van der Waals surface area contributed by atoms with Crippen molar-refractivity contribution in [1.82, 2.24) is 4.90 Å². The van der Waals surface area contributed by atoms with Crippen LogP contribution >= 0.6 is 23.8 Å². The molecule has 0 spiro atoms. The second kappa shape index (κ2) is 7.40. The van der Waals surface area contributed by atoms with Crippen LogP contribution in [0.4, 0.5) is 23.2 Å². The summed E-state index contributed by atoms with van der Waals surface area (Å²) in [7, 11) is 0. The van der Waals surface area contributed by atoms with E-state index in [1.54, 1.807) is 18.2 Å². The zero-order valence-electron chi connectivity index (χ0n) is 13.5. The van der Waals surface area contributed by atoms with Gasteiger partial charge in [-0.1, -0.05) is 29.8 Å². The van der Waals surface area contributed by atoms with E-state index in [0.29, 0.717) is 10.7 Å². The molecular weight excluding hydrogens is 388 g/mol. The predicted molar refractivity (Wildman–Crippen MR) is 97.6 cm³/mol. The van der Waals surface area contributed by atoms with E-state index in [2.05, 4.69) is 5.32 Å². The molecule has 0 heterocycles. The fourth-order valence-corrected chi connectivity index (χ4v) is 3.09. The summed E-state index contributed by atoms with van der Waals surface area (Å²) in [5.41, 5.74) is -0.0460. The van der Waals surface area contributed by atoms with Crippen LogP contribution in [0.25, 0.3) is 0 Å². The molecule has 0 saturated heterocycles. The maximum absolute atomic E-state index is 13.9. The van der Waals surface area contributed by atoms with E-state index in [1.807, 2.05) is 4.90 Å². The van der Waals surface area contributed by atoms with Crippen LogP contribution in [0, 0.1) is 5.82 Å². The molecule has 1 fully saturated rings. The summed E-state index contributed by atoms with van der Waals surface area (Å²) in [6, 6.07) is 9.63. The van der Waals surface area contributed by atoms with Crippen molar-refractivity contribution in [2.75, 3.05) is 5.32 Å². The van der Waals surface area contributed by atoms with Gasteiger partial charge in [0.15, 0.2) is 5.11 Å². The minimum atomic E-state index is -4.46. The van der Waals surface area contributed by atoms with Crippen molar-refractivity contribution < 1.29 is 17.6 Å². The summed E-state index contributed by atoms with van der Waals surface area (Å²) in [5, 5.41) is 3.11. The fraction of sp³-hybridized carbons (Fsp3) is 0.278. The van der Waals surface area contributed by atoms with Gasteiger partial charge in [-0.25, -0.2) is 4.39 Å². The molecule has 138 valence electrons. The molecule has 0 atom stereocenters. The first-order valence-electron chi connectivity index (χ1n) is 7.93. The zero-order valence-corrected chi connectivity index (χ0v) is 15.1. The van der Waals surface area contributed by atoms with Gasteiger partial charge in [0.1, 0.15) is 5.82 Å². The SMILES string of the molecule is Fc1ccccc1CN(C(=S)Nc1ccc(C(F)(F)F)cc1Cl)C1CC1. The van der Waals surface area contributed by atoms with E-state index in [-0.39, 0.29) is 29.1 Å². The highest BCUT2D eigenvalue weighted by Gasteiger charge is 2.33. The number of nitrogens with zero attached hydrogens (tertiary/aromatic N) is 1. The number of nitrogens with one attached hydrogen (secondary N) is 1. The lowest BCUT2D eigenvalue weighted by molar-refractivity contribution is -0.137. The largest absolute Gasteiger partial charge is 0.416 e. The van der Waals surface area contributed by atoms with Crippen molar-refractivity contribution >= 4 is 34.6 Å². The Bertz CT molecular complexity index is 821. The van der Waals surface area contributed by atoms with Crippen LogP contribution in [0.5, 0.6) is 0 Å². The standard InChI is InChI=1S/C18H15ClF4N2S/c19-14-9-12(18(21,22)23)5-8-16(14)24-17(26)25(13-6-7-13)10-11-3-1-2-4-15(11)20/h1-5,8-9,13H,6-7,10H2,(H,24,26). The van der Waals surface area contributed by atoms with Crippen LogP contribution in [0.2, 0.25) is 5.02 Å². The van der Waals surface area contributed by atoms with Gasteiger partial charge >= 0.3 is 6.18 Å². The van der Waals surface area contributed by atoms with E-state index in [4.69, 9.17) is 23.8 Å². The Hall–Kier alpha value is -1.86. The second-order valence-electron chi connectivity index (χ2n) is 6.07. The smallest absolute Gasteiger partial charge is 0.342 e. The van der Waals surface area contributed by atoms with Crippen LogP contribution in [-0.2, 0) is 12.7 Å². The Morgan fingerprint density at radius 1 is 1.19 bits per heavy atom. The molecule has 0 radical (unpaired) electrons. The maximum Gasteiger partial charge on any atom is 0.416 e. The van der Waals surface area contributed by atoms with Gasteiger partial charge in [-0.05, 0) is 49.3 Å². The Kier molecular flexibility index (Phi) is 5.39. The van der Waals surface area contributed by atoms with Gasteiger partial charge in [-0.3, -0.25) is 0 Å². The van der Waals surface area contributed by atoms with E-state index in [1.165, 1.54) is 12.1 Å². The molecule has 1 aliphatic rings. The number of hydrogen-bond acceptors (Lipinski definition) is 1. The highest BCUT2D eigenvalue weighted by molar-refractivity contribution is 7.80. The number of alkyl halides is 3. The lowest BCUT2D eigenvalue weighted by Gasteiger charge is -2.26. The molecule has 2 nitrogen and oxygen atoms in total. The second-order valence-corrected chi connectivity index (χ2v) is 6.87. The summed E-state index contributed by atoms with van der Waals surface area (Å²) < 4.78 is 52.1. The number of thiocarbonyl (C=S) groups is 1. The van der Waals surface area contributed by atoms with Gasteiger partial charge in [-0.15, -0.1) is 0 Å². The van der Waals surface area contributed by atoms with Gasteiger partial charge < -0.3 is 10.2 Å². The van der Waals surface area contributed by atoms with Crippen molar-refractivity contribution in [3.63, 3.8) is 0 Å². The van der Waals surface area contributed by atoms with Gasteiger partial charge in [0, 0.05) is 18.2 Å². The molecule has 0 unspecified atom stereocenters. The molecule has 0 amide bonds. The lowest BCUT2D eigenvalue weighted by atomic mass is 10.2. The molecule has 2 aromatic carbocycles. The molecule has 26 heavy (non-hydrogen) atoms. The molecule has 0 bridgehead atoms. The maximum atomic E-state index is 13.9. The summed E-state index contributed by atoms with van der Waals surface area (Å²) >= 11 is 11.4. The molecule has 0 aliphatic heterocycles. The molecule has 1 aliphatic carbocycles. The summed E-state index contributed by atoms with van der Waals surface area (Å²) in [5.74, 6) is -0.325. The number of halogens is 5. The van der Waals surface area contributed by atoms with Crippen molar-refractivity contribution in [3.8, 4) is 0 Å². The topological polar surface area (TPSA) is 15.3 Å². The van der Waals surface area contributed by atoms with Gasteiger partial charge in [0.05, 0.1) is 16.3 Å². The molecule has 1 N–H and O–H groups in total. The summed E-state index contributed by atoms with van der Waals surface area (Å²) in [6.45, 7) is 0.279.